The monoisotopic (exact) mass is 460 g/mol. The summed E-state index contributed by atoms with van der Waals surface area (Å²) in [6.07, 6.45) is 0.814. The number of carboxylic acids is 1. The maximum Gasteiger partial charge on any atom is 0.407 e. The molecule has 3 aromatic rings. The third kappa shape index (κ3) is 4.12. The molecule has 2 aliphatic carbocycles. The van der Waals surface area contributed by atoms with Gasteiger partial charge in [0, 0.05) is 19.0 Å². The Morgan fingerprint density at radius 1 is 1.09 bits per heavy atom. The van der Waals surface area contributed by atoms with Crippen LogP contribution in [0.1, 0.15) is 46.8 Å². The maximum absolute atomic E-state index is 12.6. The zero-order valence-corrected chi connectivity index (χ0v) is 18.6. The van der Waals surface area contributed by atoms with Crippen molar-refractivity contribution in [2.75, 3.05) is 11.9 Å². The van der Waals surface area contributed by atoms with Crippen LogP contribution in [0.2, 0.25) is 0 Å². The molecule has 0 spiro atoms. The maximum atomic E-state index is 12.6. The topological polar surface area (TPSA) is 123 Å². The van der Waals surface area contributed by atoms with E-state index < -0.39 is 17.6 Å². The number of carboxylic acid groups (broad SMARTS) is 1. The first kappa shape index (κ1) is 21.7. The van der Waals surface area contributed by atoms with Crippen LogP contribution in [0.4, 0.5) is 10.6 Å². The molecule has 5 rings (SSSR count). The van der Waals surface area contributed by atoms with E-state index in [-0.39, 0.29) is 36.4 Å². The van der Waals surface area contributed by atoms with Crippen LogP contribution in [0.25, 0.3) is 11.1 Å². The highest BCUT2D eigenvalue weighted by atomic mass is 16.5. The van der Waals surface area contributed by atoms with E-state index in [0.717, 1.165) is 22.3 Å². The molecule has 2 amide bonds. The number of amides is 2. The van der Waals surface area contributed by atoms with Crippen molar-refractivity contribution in [3.8, 4) is 11.1 Å². The average molecular weight is 460 g/mol. The van der Waals surface area contributed by atoms with E-state index in [0.29, 0.717) is 12.8 Å². The number of alkyl carbamates (subject to hydrolysis) is 1. The Hall–Kier alpha value is -4.14. The number of aromatic nitrogens is 2. The van der Waals surface area contributed by atoms with Gasteiger partial charge in [0.15, 0.2) is 5.82 Å². The molecule has 0 unspecified atom stereocenters. The second-order valence-electron chi connectivity index (χ2n) is 8.80. The molecule has 0 atom stereocenters. The van der Waals surface area contributed by atoms with Crippen molar-refractivity contribution < 1.29 is 24.2 Å². The van der Waals surface area contributed by atoms with E-state index in [4.69, 9.17) is 9.84 Å². The summed E-state index contributed by atoms with van der Waals surface area (Å²) >= 11 is 0. The quantitative estimate of drug-likeness (QED) is 0.496. The number of ether oxygens (including phenoxy) is 1. The van der Waals surface area contributed by atoms with Gasteiger partial charge in [-0.3, -0.25) is 9.48 Å². The van der Waals surface area contributed by atoms with Crippen LogP contribution in [-0.2, 0) is 16.6 Å². The van der Waals surface area contributed by atoms with Crippen LogP contribution in [0, 0.1) is 0 Å². The second kappa shape index (κ2) is 8.33. The SMILES string of the molecule is Cn1nc(NC(=O)CC2(NC(=O)OCC3c4ccccc4-c4ccccc43)CC2)cc1C(=O)O. The number of aryl methyl sites for hydroxylation is 1. The number of hydrogen-bond acceptors (Lipinski definition) is 5. The molecule has 1 fully saturated rings. The van der Waals surface area contributed by atoms with Crippen molar-refractivity contribution in [3.05, 3.63) is 71.4 Å². The molecular formula is C25H24N4O5. The Labute approximate surface area is 195 Å². The smallest absolute Gasteiger partial charge is 0.407 e. The van der Waals surface area contributed by atoms with Gasteiger partial charge in [-0.2, -0.15) is 5.10 Å². The van der Waals surface area contributed by atoms with Crippen LogP contribution < -0.4 is 10.6 Å². The summed E-state index contributed by atoms with van der Waals surface area (Å²) in [5, 5.41) is 18.5. The molecule has 9 nitrogen and oxygen atoms in total. The average Bonchev–Trinajstić information content (AvgIpc) is 3.32. The third-order valence-electron chi connectivity index (χ3n) is 6.43. The van der Waals surface area contributed by atoms with E-state index >= 15 is 0 Å². The van der Waals surface area contributed by atoms with Crippen LogP contribution >= 0.6 is 0 Å². The number of carbonyl (C=O) groups is 3. The number of carbonyl (C=O) groups excluding carboxylic acids is 2. The molecule has 2 aromatic carbocycles. The van der Waals surface area contributed by atoms with Crippen molar-refractivity contribution in [2.24, 2.45) is 7.05 Å². The molecule has 34 heavy (non-hydrogen) atoms. The van der Waals surface area contributed by atoms with E-state index in [2.05, 4.69) is 40.0 Å². The predicted molar refractivity (Wildman–Crippen MR) is 124 cm³/mol. The standard InChI is InChI=1S/C25H24N4O5/c1-29-20(23(31)32)12-21(28-29)26-22(30)13-25(10-11-25)27-24(33)34-14-19-17-8-4-2-6-15(17)16-7-3-5-9-18(16)19/h2-9,12,19H,10-11,13-14H2,1H3,(H,27,33)(H,31,32)(H,26,28,30). The van der Waals surface area contributed by atoms with Crippen molar-refractivity contribution in [3.63, 3.8) is 0 Å². The number of fused-ring (bicyclic) bond motifs is 3. The zero-order chi connectivity index (χ0) is 23.9. The fourth-order valence-corrected chi connectivity index (χ4v) is 4.57. The Morgan fingerprint density at radius 3 is 2.26 bits per heavy atom. The van der Waals surface area contributed by atoms with Crippen LogP contribution in [0.3, 0.4) is 0 Å². The molecular weight excluding hydrogens is 436 g/mol. The minimum Gasteiger partial charge on any atom is -0.477 e. The fourth-order valence-electron chi connectivity index (χ4n) is 4.57. The number of nitrogens with zero attached hydrogens (tertiary/aromatic N) is 2. The summed E-state index contributed by atoms with van der Waals surface area (Å²) in [5.41, 5.74) is 3.89. The largest absolute Gasteiger partial charge is 0.477 e. The Bertz CT molecular complexity index is 1250. The fraction of sp³-hybridized carbons (Fsp3) is 0.280. The lowest BCUT2D eigenvalue weighted by Crippen LogP contribution is -2.40. The van der Waals surface area contributed by atoms with Gasteiger partial charge in [-0.15, -0.1) is 0 Å². The highest BCUT2D eigenvalue weighted by Gasteiger charge is 2.46. The molecule has 1 heterocycles. The van der Waals surface area contributed by atoms with Crippen molar-refractivity contribution in [2.45, 2.75) is 30.7 Å². The van der Waals surface area contributed by atoms with Crippen molar-refractivity contribution in [1.82, 2.24) is 15.1 Å². The summed E-state index contributed by atoms with van der Waals surface area (Å²) in [4.78, 5) is 36.2. The molecule has 3 N–H and O–H groups in total. The van der Waals surface area contributed by atoms with E-state index in [1.807, 2.05) is 24.3 Å². The van der Waals surface area contributed by atoms with E-state index in [1.54, 1.807) is 0 Å². The number of anilines is 1. The van der Waals surface area contributed by atoms with Gasteiger partial charge in [0.1, 0.15) is 12.3 Å². The van der Waals surface area contributed by atoms with Crippen LogP contribution in [-0.4, -0.2) is 45.0 Å². The molecule has 0 aliphatic heterocycles. The molecule has 9 heteroatoms. The highest BCUT2D eigenvalue weighted by molar-refractivity contribution is 5.93. The predicted octanol–water partition coefficient (Wildman–Crippen LogP) is 3.52. The van der Waals surface area contributed by atoms with Gasteiger partial charge >= 0.3 is 12.1 Å². The first-order chi connectivity index (χ1) is 16.3. The minimum absolute atomic E-state index is 0.0341. The first-order valence-corrected chi connectivity index (χ1v) is 11.1. The number of rotatable bonds is 7. The Kier molecular flexibility index (Phi) is 5.31. The Balaban J connectivity index is 1.18. The van der Waals surface area contributed by atoms with E-state index in [1.165, 1.54) is 17.8 Å². The summed E-state index contributed by atoms with van der Waals surface area (Å²) in [6, 6.07) is 17.5. The van der Waals surface area contributed by atoms with Crippen molar-refractivity contribution >= 4 is 23.8 Å². The summed E-state index contributed by atoms with van der Waals surface area (Å²) in [5.74, 6) is -1.37. The lowest BCUT2D eigenvalue weighted by atomic mass is 9.98. The molecule has 1 aromatic heterocycles. The zero-order valence-electron chi connectivity index (χ0n) is 18.6. The molecule has 0 saturated heterocycles. The van der Waals surface area contributed by atoms with Gasteiger partial charge < -0.3 is 20.5 Å². The second-order valence-corrected chi connectivity index (χ2v) is 8.80. The number of aromatic carboxylic acids is 1. The van der Waals surface area contributed by atoms with Gasteiger partial charge in [0.25, 0.3) is 0 Å². The minimum atomic E-state index is -1.13. The lowest BCUT2D eigenvalue weighted by Gasteiger charge is -2.19. The van der Waals surface area contributed by atoms with Gasteiger partial charge in [-0.1, -0.05) is 48.5 Å². The normalized spacial score (nSPS) is 15.2. The molecule has 0 radical (unpaired) electrons. The highest BCUT2D eigenvalue weighted by Crippen LogP contribution is 2.44. The first-order valence-electron chi connectivity index (χ1n) is 11.1. The van der Waals surface area contributed by atoms with Crippen LogP contribution in [0.5, 0.6) is 0 Å². The van der Waals surface area contributed by atoms with E-state index in [9.17, 15) is 14.4 Å². The molecule has 0 bridgehead atoms. The van der Waals surface area contributed by atoms with Gasteiger partial charge in [0.05, 0.1) is 12.0 Å². The number of benzene rings is 2. The Morgan fingerprint density at radius 2 is 1.71 bits per heavy atom. The number of nitrogens with one attached hydrogen (secondary N) is 2. The van der Waals surface area contributed by atoms with Crippen molar-refractivity contribution in [1.29, 1.82) is 0 Å². The summed E-state index contributed by atoms with van der Waals surface area (Å²) in [6.45, 7) is 0.202. The van der Waals surface area contributed by atoms with Crippen LogP contribution in [0.15, 0.2) is 54.6 Å². The van der Waals surface area contributed by atoms with Gasteiger partial charge in [0.2, 0.25) is 5.91 Å². The van der Waals surface area contributed by atoms with Gasteiger partial charge in [-0.25, -0.2) is 9.59 Å². The number of hydrogen-bond donors (Lipinski definition) is 3. The lowest BCUT2D eigenvalue weighted by molar-refractivity contribution is -0.116. The third-order valence-corrected chi connectivity index (χ3v) is 6.43. The molecule has 2 aliphatic rings. The summed E-state index contributed by atoms with van der Waals surface area (Å²) in [7, 11) is 1.49. The molecule has 1 saturated carbocycles. The van der Waals surface area contributed by atoms with Gasteiger partial charge in [-0.05, 0) is 35.1 Å². The molecule has 174 valence electrons. The summed E-state index contributed by atoms with van der Waals surface area (Å²) < 4.78 is 6.78.